The summed E-state index contributed by atoms with van der Waals surface area (Å²) < 4.78 is 10.7. The van der Waals surface area contributed by atoms with Gasteiger partial charge in [-0.15, -0.1) is 0 Å². The summed E-state index contributed by atoms with van der Waals surface area (Å²) in [6, 6.07) is 3.21. The van der Waals surface area contributed by atoms with Gasteiger partial charge in [0.15, 0.2) is 11.5 Å². The molecule has 132 valence electrons. The number of carbonyl (C=O) groups is 2. The first-order valence-corrected chi connectivity index (χ1v) is 8.13. The van der Waals surface area contributed by atoms with Crippen molar-refractivity contribution in [2.45, 2.75) is 39.2 Å². The molecule has 2 rings (SSSR count). The minimum Gasteiger partial charge on any atom is -0.493 e. The Bertz CT molecular complexity index is 626. The molecule has 1 aliphatic heterocycles. The predicted octanol–water partition coefficient (Wildman–Crippen LogP) is 2.65. The van der Waals surface area contributed by atoms with Gasteiger partial charge in [0.25, 0.3) is 0 Å². The molecule has 0 aliphatic carbocycles. The molecule has 0 radical (unpaired) electrons. The van der Waals surface area contributed by atoms with E-state index in [1.54, 1.807) is 25.2 Å². The molecule has 1 aliphatic rings. The fourth-order valence-electron chi connectivity index (χ4n) is 3.18. The van der Waals surface area contributed by atoms with Gasteiger partial charge in [0.2, 0.25) is 5.91 Å². The maximum Gasteiger partial charge on any atom is 0.305 e. The first-order valence-electron chi connectivity index (χ1n) is 8.13. The highest BCUT2D eigenvalue weighted by atomic mass is 16.5. The van der Waals surface area contributed by atoms with Crippen LogP contribution in [0.1, 0.15) is 43.9 Å². The third-order valence-corrected chi connectivity index (χ3v) is 4.27. The zero-order chi connectivity index (χ0) is 17.9. The van der Waals surface area contributed by atoms with Crippen LogP contribution in [0.4, 0.5) is 0 Å². The number of nitrogens with zero attached hydrogens (tertiary/aromatic N) is 1. The van der Waals surface area contributed by atoms with E-state index in [1.807, 2.05) is 19.9 Å². The Labute approximate surface area is 142 Å². The molecule has 0 fully saturated rings. The molecular weight excluding hydrogens is 310 g/mol. The Balaban J connectivity index is 2.44. The summed E-state index contributed by atoms with van der Waals surface area (Å²) in [4.78, 5) is 25.6. The Morgan fingerprint density at radius 1 is 1.25 bits per heavy atom. The summed E-state index contributed by atoms with van der Waals surface area (Å²) in [7, 11) is 3.11. The Kier molecular flexibility index (Phi) is 5.70. The number of hydrogen-bond acceptors (Lipinski definition) is 4. The highest BCUT2D eigenvalue weighted by molar-refractivity contribution is 5.79. The molecular formula is C18H25NO5. The standard InChI is InChI=1S/C18H25NO5/c1-11(2)7-17(20)19-6-5-12-8-15(23-3)16(24-4)9-13(12)14(19)10-18(21)22/h8-9,11,14H,5-7,10H2,1-4H3,(H,21,22). The summed E-state index contributed by atoms with van der Waals surface area (Å²) in [5, 5.41) is 9.31. The van der Waals surface area contributed by atoms with E-state index in [2.05, 4.69) is 0 Å². The van der Waals surface area contributed by atoms with Crippen LogP contribution >= 0.6 is 0 Å². The van der Waals surface area contributed by atoms with Crippen molar-refractivity contribution in [2.24, 2.45) is 5.92 Å². The quantitative estimate of drug-likeness (QED) is 0.865. The predicted molar refractivity (Wildman–Crippen MR) is 89.4 cm³/mol. The molecule has 24 heavy (non-hydrogen) atoms. The number of benzene rings is 1. The van der Waals surface area contributed by atoms with Gasteiger partial charge in [0, 0.05) is 13.0 Å². The minimum atomic E-state index is -0.926. The third kappa shape index (κ3) is 3.80. The maximum absolute atomic E-state index is 12.6. The van der Waals surface area contributed by atoms with Gasteiger partial charge >= 0.3 is 5.97 Å². The number of carbonyl (C=O) groups excluding carboxylic acids is 1. The molecule has 1 unspecified atom stereocenters. The first kappa shape index (κ1) is 18.1. The van der Waals surface area contributed by atoms with Crippen molar-refractivity contribution in [3.63, 3.8) is 0 Å². The molecule has 1 atom stereocenters. The van der Waals surface area contributed by atoms with Gasteiger partial charge in [0.1, 0.15) is 0 Å². The lowest BCUT2D eigenvalue weighted by Gasteiger charge is -2.37. The van der Waals surface area contributed by atoms with E-state index in [1.165, 1.54) is 0 Å². The fraction of sp³-hybridized carbons (Fsp3) is 0.556. The summed E-state index contributed by atoms with van der Waals surface area (Å²) >= 11 is 0. The van der Waals surface area contributed by atoms with E-state index in [4.69, 9.17) is 9.47 Å². The topological polar surface area (TPSA) is 76.1 Å². The second-order valence-corrected chi connectivity index (χ2v) is 6.45. The number of carboxylic acid groups (broad SMARTS) is 1. The van der Waals surface area contributed by atoms with Crippen LogP contribution in [0.3, 0.4) is 0 Å². The fourth-order valence-corrected chi connectivity index (χ4v) is 3.18. The van der Waals surface area contributed by atoms with E-state index < -0.39 is 12.0 Å². The molecule has 1 aromatic carbocycles. The Hall–Kier alpha value is -2.24. The average Bonchev–Trinajstić information content (AvgIpc) is 2.52. The summed E-state index contributed by atoms with van der Waals surface area (Å²) in [6.07, 6.45) is 0.973. The van der Waals surface area contributed by atoms with Gasteiger partial charge in [0.05, 0.1) is 26.7 Å². The van der Waals surface area contributed by atoms with Crippen molar-refractivity contribution in [1.29, 1.82) is 0 Å². The molecule has 6 nitrogen and oxygen atoms in total. The lowest BCUT2D eigenvalue weighted by Crippen LogP contribution is -2.41. The summed E-state index contributed by atoms with van der Waals surface area (Å²) in [6.45, 7) is 4.48. The molecule has 1 heterocycles. The van der Waals surface area contributed by atoms with E-state index in [9.17, 15) is 14.7 Å². The molecule has 0 bridgehead atoms. The second kappa shape index (κ2) is 7.55. The minimum absolute atomic E-state index is 0.00307. The van der Waals surface area contributed by atoms with Gasteiger partial charge in [-0.2, -0.15) is 0 Å². The number of carboxylic acids is 1. The van der Waals surface area contributed by atoms with Crippen LogP contribution in [-0.2, 0) is 16.0 Å². The van der Waals surface area contributed by atoms with Crippen LogP contribution in [-0.4, -0.2) is 42.6 Å². The van der Waals surface area contributed by atoms with Crippen molar-refractivity contribution in [3.05, 3.63) is 23.3 Å². The zero-order valence-corrected chi connectivity index (χ0v) is 14.7. The van der Waals surface area contributed by atoms with E-state index in [-0.39, 0.29) is 18.2 Å². The van der Waals surface area contributed by atoms with Gasteiger partial charge in [-0.1, -0.05) is 13.8 Å². The molecule has 1 aromatic rings. The van der Waals surface area contributed by atoms with E-state index in [0.29, 0.717) is 30.9 Å². The Morgan fingerprint density at radius 3 is 2.42 bits per heavy atom. The zero-order valence-electron chi connectivity index (χ0n) is 14.7. The molecule has 1 N–H and O–H groups in total. The Morgan fingerprint density at radius 2 is 1.88 bits per heavy atom. The average molecular weight is 335 g/mol. The second-order valence-electron chi connectivity index (χ2n) is 6.45. The van der Waals surface area contributed by atoms with Crippen molar-refractivity contribution < 1.29 is 24.2 Å². The number of rotatable bonds is 6. The highest BCUT2D eigenvalue weighted by Crippen LogP contribution is 2.39. The van der Waals surface area contributed by atoms with Crippen molar-refractivity contribution in [2.75, 3.05) is 20.8 Å². The smallest absolute Gasteiger partial charge is 0.305 e. The number of aliphatic carboxylic acids is 1. The van der Waals surface area contributed by atoms with Crippen LogP contribution in [0.15, 0.2) is 12.1 Å². The van der Waals surface area contributed by atoms with Crippen molar-refractivity contribution in [3.8, 4) is 11.5 Å². The van der Waals surface area contributed by atoms with Crippen LogP contribution in [0.2, 0.25) is 0 Å². The summed E-state index contributed by atoms with van der Waals surface area (Å²) in [5.41, 5.74) is 1.84. The number of amides is 1. The monoisotopic (exact) mass is 335 g/mol. The highest BCUT2D eigenvalue weighted by Gasteiger charge is 2.33. The molecule has 6 heteroatoms. The maximum atomic E-state index is 12.6. The molecule has 1 amide bonds. The summed E-state index contributed by atoms with van der Waals surface area (Å²) in [5.74, 6) is 0.466. The normalized spacial score (nSPS) is 16.7. The van der Waals surface area contributed by atoms with Gasteiger partial charge in [-0.05, 0) is 35.6 Å². The lowest BCUT2D eigenvalue weighted by atomic mass is 9.89. The first-order chi connectivity index (χ1) is 11.4. The van der Waals surface area contributed by atoms with Gasteiger partial charge in [-0.25, -0.2) is 0 Å². The van der Waals surface area contributed by atoms with Crippen LogP contribution in [0.5, 0.6) is 11.5 Å². The number of fused-ring (bicyclic) bond motifs is 1. The lowest BCUT2D eigenvalue weighted by molar-refractivity contribution is -0.141. The SMILES string of the molecule is COc1cc2c(cc1OC)C(CC(=O)O)N(C(=O)CC(C)C)CC2. The van der Waals surface area contributed by atoms with Gasteiger partial charge < -0.3 is 19.5 Å². The molecule has 0 spiro atoms. The van der Waals surface area contributed by atoms with E-state index in [0.717, 1.165) is 11.1 Å². The largest absolute Gasteiger partial charge is 0.493 e. The van der Waals surface area contributed by atoms with Crippen molar-refractivity contribution in [1.82, 2.24) is 4.90 Å². The van der Waals surface area contributed by atoms with E-state index >= 15 is 0 Å². The number of ether oxygens (including phenoxy) is 2. The number of methoxy groups -OCH3 is 2. The molecule has 0 saturated heterocycles. The molecule has 0 aromatic heterocycles. The van der Waals surface area contributed by atoms with Crippen LogP contribution in [0.25, 0.3) is 0 Å². The molecule has 0 saturated carbocycles. The van der Waals surface area contributed by atoms with Crippen molar-refractivity contribution >= 4 is 11.9 Å². The van der Waals surface area contributed by atoms with Gasteiger partial charge in [-0.3, -0.25) is 9.59 Å². The van der Waals surface area contributed by atoms with Crippen LogP contribution in [0, 0.1) is 5.92 Å². The number of hydrogen-bond donors (Lipinski definition) is 1. The van der Waals surface area contributed by atoms with Crippen LogP contribution < -0.4 is 9.47 Å². The third-order valence-electron chi connectivity index (χ3n) is 4.27.